The molecule has 1 aromatic heterocycles. The molecule has 0 saturated carbocycles. The molecule has 7 heteroatoms. The van der Waals surface area contributed by atoms with Crippen LogP contribution in [0, 0.1) is 0 Å². The fraction of sp³-hybridized carbons (Fsp3) is 0.667. The summed E-state index contributed by atoms with van der Waals surface area (Å²) in [5.74, 6) is 0.912. The van der Waals surface area contributed by atoms with Crippen LogP contribution in [0.1, 0.15) is 27.7 Å². The van der Waals surface area contributed by atoms with Crippen molar-refractivity contribution >= 4 is 23.7 Å². The maximum absolute atomic E-state index is 12.2. The van der Waals surface area contributed by atoms with E-state index in [-0.39, 0.29) is 12.1 Å². The van der Waals surface area contributed by atoms with Gasteiger partial charge >= 0.3 is 6.09 Å². The van der Waals surface area contributed by atoms with Crippen molar-refractivity contribution in [2.45, 2.75) is 44.5 Å². The lowest BCUT2D eigenvalue weighted by molar-refractivity contribution is 0.0158. The summed E-state index contributed by atoms with van der Waals surface area (Å²) in [6.45, 7) is 9.81. The number of carbonyl (C=O) groups is 1. The van der Waals surface area contributed by atoms with Crippen LogP contribution in [-0.4, -0.2) is 58.5 Å². The Kier molecular flexibility index (Phi) is 5.16. The van der Waals surface area contributed by atoms with Gasteiger partial charge in [0.05, 0.1) is 0 Å². The van der Waals surface area contributed by atoms with Gasteiger partial charge in [-0.3, -0.25) is 0 Å². The largest absolute Gasteiger partial charge is 0.444 e. The first-order chi connectivity index (χ1) is 10.3. The molecule has 22 heavy (non-hydrogen) atoms. The van der Waals surface area contributed by atoms with Crippen LogP contribution >= 0.6 is 11.8 Å². The summed E-state index contributed by atoms with van der Waals surface area (Å²) in [5, 5.41) is 0.764. The van der Waals surface area contributed by atoms with E-state index in [1.54, 1.807) is 11.1 Å². The second kappa shape index (κ2) is 6.73. The third kappa shape index (κ3) is 4.25. The van der Waals surface area contributed by atoms with Crippen molar-refractivity contribution in [1.29, 1.82) is 0 Å². The quantitative estimate of drug-likeness (QED) is 0.616. The normalized spacial score (nSPS) is 19.2. The Morgan fingerprint density at radius 1 is 1.41 bits per heavy atom. The maximum Gasteiger partial charge on any atom is 0.410 e. The summed E-state index contributed by atoms with van der Waals surface area (Å²) in [6, 6.07) is 1.99. The van der Waals surface area contributed by atoms with E-state index in [1.807, 2.05) is 40.0 Å². The number of thioether (sulfide) groups is 1. The van der Waals surface area contributed by atoms with Gasteiger partial charge in [-0.1, -0.05) is 11.8 Å². The zero-order valence-corrected chi connectivity index (χ0v) is 14.7. The minimum Gasteiger partial charge on any atom is -0.444 e. The summed E-state index contributed by atoms with van der Waals surface area (Å²) < 4.78 is 5.46. The molecule has 1 amide bonds. The first-order valence-corrected chi connectivity index (χ1v) is 8.64. The van der Waals surface area contributed by atoms with E-state index in [0.717, 1.165) is 24.1 Å². The molecule has 1 fully saturated rings. The minimum absolute atomic E-state index is 0.0799. The van der Waals surface area contributed by atoms with Crippen molar-refractivity contribution in [3.63, 3.8) is 0 Å². The monoisotopic (exact) mass is 324 g/mol. The number of piperazine rings is 1. The molecule has 0 aliphatic carbocycles. The van der Waals surface area contributed by atoms with Crippen LogP contribution in [0.5, 0.6) is 0 Å². The fourth-order valence-corrected chi connectivity index (χ4v) is 2.71. The summed E-state index contributed by atoms with van der Waals surface area (Å²) >= 11 is 1.53. The fourth-order valence-electron chi connectivity index (χ4n) is 2.36. The van der Waals surface area contributed by atoms with Crippen molar-refractivity contribution < 1.29 is 9.53 Å². The lowest BCUT2D eigenvalue weighted by Crippen LogP contribution is -2.55. The second-order valence-corrected chi connectivity index (χ2v) is 7.14. The molecule has 1 aliphatic heterocycles. The molecule has 2 heterocycles. The van der Waals surface area contributed by atoms with Gasteiger partial charge in [0.1, 0.15) is 11.4 Å². The highest BCUT2D eigenvalue weighted by Gasteiger charge is 2.31. The Labute approximate surface area is 136 Å². The number of rotatable bonds is 2. The molecule has 1 aliphatic rings. The number of amides is 1. The first-order valence-electron chi connectivity index (χ1n) is 7.42. The van der Waals surface area contributed by atoms with Crippen LogP contribution in [0.4, 0.5) is 10.6 Å². The Hall–Kier alpha value is -1.50. The summed E-state index contributed by atoms with van der Waals surface area (Å²) in [5.41, 5.74) is -0.464. The lowest BCUT2D eigenvalue weighted by atomic mass is 10.2. The average Bonchev–Trinajstić information content (AvgIpc) is 2.45. The summed E-state index contributed by atoms with van der Waals surface area (Å²) in [6.07, 6.45) is 3.49. The first kappa shape index (κ1) is 16.9. The maximum atomic E-state index is 12.2. The van der Waals surface area contributed by atoms with Gasteiger partial charge < -0.3 is 14.5 Å². The number of aromatic nitrogens is 2. The molecule has 2 rings (SSSR count). The number of anilines is 1. The van der Waals surface area contributed by atoms with Gasteiger partial charge in [-0.05, 0) is 40.0 Å². The molecule has 0 spiro atoms. The molecule has 1 aromatic rings. The molecule has 1 saturated heterocycles. The van der Waals surface area contributed by atoms with E-state index in [2.05, 4.69) is 14.9 Å². The predicted octanol–water partition coefficient (Wildman–Crippen LogP) is 2.64. The average molecular weight is 324 g/mol. The van der Waals surface area contributed by atoms with Crippen molar-refractivity contribution in [2.24, 2.45) is 0 Å². The molecular weight excluding hydrogens is 300 g/mol. The molecule has 0 N–H and O–H groups in total. The minimum atomic E-state index is -0.464. The second-order valence-electron chi connectivity index (χ2n) is 6.37. The van der Waals surface area contributed by atoms with Crippen LogP contribution in [-0.2, 0) is 4.74 Å². The molecule has 6 nitrogen and oxygen atoms in total. The van der Waals surface area contributed by atoms with Crippen molar-refractivity contribution in [3.05, 3.63) is 12.3 Å². The SMILES string of the molecule is CSc1nccc(N2CCN(C(=O)OC(C)(C)C)[C@@H](C)C2)n1. The topological polar surface area (TPSA) is 58.6 Å². The Balaban J connectivity index is 2.01. The predicted molar refractivity (Wildman–Crippen MR) is 88.4 cm³/mol. The third-order valence-electron chi connectivity index (χ3n) is 3.38. The number of ether oxygens (including phenoxy) is 1. The molecule has 0 unspecified atom stereocenters. The van der Waals surface area contributed by atoms with E-state index in [0.29, 0.717) is 6.54 Å². The van der Waals surface area contributed by atoms with E-state index in [1.165, 1.54) is 11.8 Å². The van der Waals surface area contributed by atoms with Gasteiger partial charge in [0.25, 0.3) is 0 Å². The highest BCUT2D eigenvalue weighted by atomic mass is 32.2. The van der Waals surface area contributed by atoms with Gasteiger partial charge in [-0.2, -0.15) is 0 Å². The highest BCUT2D eigenvalue weighted by Crippen LogP contribution is 2.20. The number of carbonyl (C=O) groups excluding carboxylic acids is 1. The summed E-state index contributed by atoms with van der Waals surface area (Å²) in [4.78, 5) is 24.9. The highest BCUT2D eigenvalue weighted by molar-refractivity contribution is 7.98. The van der Waals surface area contributed by atoms with Crippen LogP contribution in [0.2, 0.25) is 0 Å². The van der Waals surface area contributed by atoms with Crippen molar-refractivity contribution in [1.82, 2.24) is 14.9 Å². The molecule has 0 radical (unpaired) electrons. The molecule has 1 atom stereocenters. The number of hydrogen-bond donors (Lipinski definition) is 0. The van der Waals surface area contributed by atoms with Gasteiger partial charge in [0.2, 0.25) is 0 Å². The van der Waals surface area contributed by atoms with E-state index in [9.17, 15) is 4.79 Å². The molecule has 122 valence electrons. The molecular formula is C15H24N4O2S. The van der Waals surface area contributed by atoms with Crippen molar-refractivity contribution in [3.8, 4) is 0 Å². The number of hydrogen-bond acceptors (Lipinski definition) is 6. The van der Waals surface area contributed by atoms with Crippen LogP contribution in [0.15, 0.2) is 17.4 Å². The van der Waals surface area contributed by atoms with Gasteiger partial charge in [-0.25, -0.2) is 14.8 Å². The Morgan fingerprint density at radius 2 is 2.14 bits per heavy atom. The zero-order chi connectivity index (χ0) is 16.3. The Morgan fingerprint density at radius 3 is 2.73 bits per heavy atom. The number of nitrogens with zero attached hydrogens (tertiary/aromatic N) is 4. The molecule has 0 aromatic carbocycles. The van der Waals surface area contributed by atoms with Crippen LogP contribution in [0.3, 0.4) is 0 Å². The smallest absolute Gasteiger partial charge is 0.410 e. The van der Waals surface area contributed by atoms with Crippen molar-refractivity contribution in [2.75, 3.05) is 30.8 Å². The van der Waals surface area contributed by atoms with Gasteiger partial charge in [-0.15, -0.1) is 0 Å². The van der Waals surface area contributed by atoms with E-state index >= 15 is 0 Å². The van der Waals surface area contributed by atoms with Crippen LogP contribution in [0.25, 0.3) is 0 Å². The zero-order valence-electron chi connectivity index (χ0n) is 13.9. The van der Waals surface area contributed by atoms with E-state index < -0.39 is 5.60 Å². The van der Waals surface area contributed by atoms with Gasteiger partial charge in [0.15, 0.2) is 5.16 Å². The van der Waals surface area contributed by atoms with Crippen LogP contribution < -0.4 is 4.90 Å². The van der Waals surface area contributed by atoms with E-state index in [4.69, 9.17) is 4.74 Å². The lowest BCUT2D eigenvalue weighted by Gasteiger charge is -2.40. The standard InChI is InChI=1S/C15H24N4O2S/c1-11-10-18(12-6-7-16-13(17-12)22-5)8-9-19(11)14(20)21-15(2,3)4/h6-7,11H,8-10H2,1-5H3/t11-/m0/s1. The molecule has 0 bridgehead atoms. The van der Waals surface area contributed by atoms with Gasteiger partial charge in [0, 0.05) is 31.9 Å². The third-order valence-corrected chi connectivity index (χ3v) is 3.94. The summed E-state index contributed by atoms with van der Waals surface area (Å²) in [7, 11) is 0. The Bertz CT molecular complexity index is 533.